The van der Waals surface area contributed by atoms with Gasteiger partial charge < -0.3 is 15.3 Å². The van der Waals surface area contributed by atoms with Gasteiger partial charge in [0.2, 0.25) is 15.9 Å². The van der Waals surface area contributed by atoms with E-state index in [0.29, 0.717) is 16.5 Å². The van der Waals surface area contributed by atoms with Crippen LogP contribution in [0.4, 0.5) is 0 Å². The molecule has 0 aliphatic carbocycles. The fourth-order valence-corrected chi connectivity index (χ4v) is 7.37. The summed E-state index contributed by atoms with van der Waals surface area (Å²) in [5, 5.41) is 12.5. The van der Waals surface area contributed by atoms with Gasteiger partial charge in [-0.25, -0.2) is 8.42 Å². The number of hydrogen-bond donors (Lipinski definition) is 2. The fourth-order valence-electron chi connectivity index (χ4n) is 5.31. The molecule has 208 valence electrons. The molecule has 2 N–H and O–H groups in total. The van der Waals surface area contributed by atoms with Gasteiger partial charge in [-0.05, 0) is 60.9 Å². The maximum atomic E-state index is 13.9. The van der Waals surface area contributed by atoms with Crippen LogP contribution in [0.5, 0.6) is 5.75 Å². The summed E-state index contributed by atoms with van der Waals surface area (Å²) in [7, 11) is -3.87. The van der Waals surface area contributed by atoms with E-state index in [-0.39, 0.29) is 42.4 Å². The minimum Gasteiger partial charge on any atom is -0.508 e. The number of Topliss-reactive ketones (excluding diaryl/α,β-unsaturated/α-hetero) is 1. The Morgan fingerprint density at radius 3 is 2.45 bits per heavy atom. The third-order valence-corrected chi connectivity index (χ3v) is 9.77. The molecule has 2 fully saturated rings. The van der Waals surface area contributed by atoms with Crippen molar-refractivity contribution in [2.24, 2.45) is 0 Å². The molecule has 5 rings (SSSR count). The molecular formula is C29H28BrN3O6S. The molecule has 9 nitrogen and oxygen atoms in total. The van der Waals surface area contributed by atoms with Gasteiger partial charge in [-0.15, -0.1) is 0 Å². The van der Waals surface area contributed by atoms with Gasteiger partial charge in [-0.1, -0.05) is 52.3 Å². The van der Waals surface area contributed by atoms with Gasteiger partial charge in [0.1, 0.15) is 11.8 Å². The number of fused-ring (bicyclic) bond motifs is 2. The normalized spacial score (nSPS) is 20.1. The van der Waals surface area contributed by atoms with Crippen LogP contribution < -0.4 is 5.32 Å². The maximum absolute atomic E-state index is 13.9. The van der Waals surface area contributed by atoms with Crippen LogP contribution in [0, 0.1) is 0 Å². The van der Waals surface area contributed by atoms with Crippen LogP contribution in [0.3, 0.4) is 0 Å². The number of nitrogens with one attached hydrogen (secondary N) is 1. The number of amides is 2. The van der Waals surface area contributed by atoms with Crippen molar-refractivity contribution in [2.75, 3.05) is 13.1 Å². The number of halogens is 1. The van der Waals surface area contributed by atoms with Crippen molar-refractivity contribution < 1.29 is 27.9 Å². The Hall–Kier alpha value is -3.54. The number of rotatable bonds is 7. The second-order valence-corrected chi connectivity index (χ2v) is 12.8. The van der Waals surface area contributed by atoms with Crippen LogP contribution in [-0.2, 0) is 26.0 Å². The standard InChI is InChI=1S/C29H28BrN3O6S/c30-21-6-4-5-20(16-21)28(36)31-25(15-19-9-11-23(34)12-10-19)29(37)32-14-13-22-17-26(32)27(35)18-33(22)40(38,39)24-7-2-1-3-8-24/h1-12,16,22,25-26,34H,13-15,17-18H2,(H,31,36)/t22-,25+,26?/m1/s1. The number of carbonyl (C=O) groups excluding carboxylic acids is 3. The molecule has 2 aliphatic rings. The van der Waals surface area contributed by atoms with Gasteiger partial charge >= 0.3 is 0 Å². The first-order valence-electron chi connectivity index (χ1n) is 12.9. The molecule has 3 aromatic rings. The van der Waals surface area contributed by atoms with Crippen molar-refractivity contribution in [3.63, 3.8) is 0 Å². The zero-order valence-electron chi connectivity index (χ0n) is 21.4. The highest BCUT2D eigenvalue weighted by molar-refractivity contribution is 9.10. The minimum absolute atomic E-state index is 0.0784. The second kappa shape index (κ2) is 11.5. The highest BCUT2D eigenvalue weighted by Crippen LogP contribution is 2.32. The lowest BCUT2D eigenvalue weighted by atomic mass is 9.89. The summed E-state index contributed by atoms with van der Waals surface area (Å²) in [4.78, 5) is 41.9. The Morgan fingerprint density at radius 1 is 1.02 bits per heavy atom. The first-order chi connectivity index (χ1) is 19.1. The van der Waals surface area contributed by atoms with E-state index >= 15 is 0 Å². The quantitative estimate of drug-likeness (QED) is 0.416. The molecule has 40 heavy (non-hydrogen) atoms. The zero-order chi connectivity index (χ0) is 28.4. The number of phenolic OH excluding ortho intramolecular Hbond substituents is 1. The van der Waals surface area contributed by atoms with E-state index in [1.807, 2.05) is 0 Å². The summed E-state index contributed by atoms with van der Waals surface area (Å²) in [6.07, 6.45) is 0.712. The number of piperidine rings is 2. The van der Waals surface area contributed by atoms with Crippen LogP contribution in [0.2, 0.25) is 0 Å². The van der Waals surface area contributed by atoms with E-state index in [4.69, 9.17) is 0 Å². The Bertz CT molecular complexity index is 1530. The number of aromatic hydroxyl groups is 1. The number of nitrogens with zero attached hydrogens (tertiary/aromatic N) is 2. The van der Waals surface area contributed by atoms with E-state index in [1.165, 1.54) is 33.5 Å². The summed E-state index contributed by atoms with van der Waals surface area (Å²) < 4.78 is 28.5. The number of sulfonamides is 1. The molecule has 2 aliphatic heterocycles. The SMILES string of the molecule is O=C(N[C@@H](Cc1ccc(O)cc1)C(=O)N1CC[C@@H]2CC1C(=O)CN2S(=O)(=O)c1ccccc1)c1cccc(Br)c1. The van der Waals surface area contributed by atoms with Crippen LogP contribution in [0.15, 0.2) is 88.2 Å². The van der Waals surface area contributed by atoms with Crippen LogP contribution >= 0.6 is 15.9 Å². The van der Waals surface area contributed by atoms with E-state index in [9.17, 15) is 27.9 Å². The number of benzene rings is 3. The van der Waals surface area contributed by atoms with Gasteiger partial charge in [0.05, 0.1) is 17.5 Å². The zero-order valence-corrected chi connectivity index (χ0v) is 23.8. The predicted molar refractivity (Wildman–Crippen MR) is 151 cm³/mol. The third-order valence-electron chi connectivity index (χ3n) is 7.36. The van der Waals surface area contributed by atoms with E-state index in [1.54, 1.807) is 54.6 Å². The van der Waals surface area contributed by atoms with Gasteiger partial charge in [0, 0.05) is 29.0 Å². The lowest BCUT2D eigenvalue weighted by Gasteiger charge is -2.47. The summed E-state index contributed by atoms with van der Waals surface area (Å²) in [5.41, 5.74) is 1.09. The van der Waals surface area contributed by atoms with Crippen molar-refractivity contribution in [1.82, 2.24) is 14.5 Å². The number of hydrogen-bond acceptors (Lipinski definition) is 6. The lowest BCUT2D eigenvalue weighted by Crippen LogP contribution is -2.65. The summed E-state index contributed by atoms with van der Waals surface area (Å²) in [5.74, 6) is -1.13. The molecule has 0 radical (unpaired) electrons. The first kappa shape index (κ1) is 28.0. The van der Waals surface area contributed by atoms with Crippen molar-refractivity contribution >= 4 is 43.6 Å². The summed E-state index contributed by atoms with van der Waals surface area (Å²) >= 11 is 3.36. The number of likely N-dealkylation sites (tertiary alicyclic amines) is 1. The van der Waals surface area contributed by atoms with E-state index in [2.05, 4.69) is 21.2 Å². The Kier molecular flexibility index (Phi) is 8.07. The maximum Gasteiger partial charge on any atom is 0.251 e. The molecule has 0 saturated carbocycles. The molecule has 3 atom stereocenters. The molecular weight excluding hydrogens is 598 g/mol. The predicted octanol–water partition coefficient (Wildman–Crippen LogP) is 3.13. The molecule has 0 aromatic heterocycles. The number of phenols is 1. The van der Waals surface area contributed by atoms with E-state index in [0.717, 1.165) is 5.56 Å². The highest BCUT2D eigenvalue weighted by atomic mass is 79.9. The number of ketones is 1. The molecule has 0 spiro atoms. The van der Waals surface area contributed by atoms with Crippen molar-refractivity contribution in [2.45, 2.75) is 42.3 Å². The molecule has 2 bridgehead atoms. The Balaban J connectivity index is 1.37. The molecule has 2 heterocycles. The van der Waals surface area contributed by atoms with Crippen molar-refractivity contribution in [3.05, 3.63) is 94.5 Å². The first-order valence-corrected chi connectivity index (χ1v) is 15.1. The fraction of sp³-hybridized carbons (Fsp3) is 0.276. The van der Waals surface area contributed by atoms with Crippen molar-refractivity contribution in [1.29, 1.82) is 0 Å². The lowest BCUT2D eigenvalue weighted by molar-refractivity contribution is -0.146. The Morgan fingerprint density at radius 2 is 1.75 bits per heavy atom. The van der Waals surface area contributed by atoms with E-state index < -0.39 is 40.0 Å². The van der Waals surface area contributed by atoms with Crippen molar-refractivity contribution in [3.8, 4) is 5.75 Å². The van der Waals surface area contributed by atoms with Crippen LogP contribution in [0.1, 0.15) is 28.8 Å². The van der Waals surface area contributed by atoms with Gasteiger partial charge in [-0.3, -0.25) is 14.4 Å². The molecule has 11 heteroatoms. The Labute approximate surface area is 241 Å². The minimum atomic E-state index is -3.87. The van der Waals surface area contributed by atoms with Crippen LogP contribution in [-0.4, -0.2) is 71.5 Å². The van der Waals surface area contributed by atoms with Gasteiger partial charge in [0.25, 0.3) is 5.91 Å². The summed E-state index contributed by atoms with van der Waals surface area (Å²) in [6, 6.07) is 19.0. The molecule has 3 aromatic carbocycles. The highest BCUT2D eigenvalue weighted by Gasteiger charge is 2.48. The number of carbonyl (C=O) groups is 3. The topological polar surface area (TPSA) is 124 Å². The van der Waals surface area contributed by atoms with Crippen LogP contribution in [0.25, 0.3) is 0 Å². The average molecular weight is 627 g/mol. The smallest absolute Gasteiger partial charge is 0.251 e. The van der Waals surface area contributed by atoms with Gasteiger partial charge in [-0.2, -0.15) is 4.31 Å². The second-order valence-electron chi connectivity index (χ2n) is 9.96. The summed E-state index contributed by atoms with van der Waals surface area (Å²) in [6.45, 7) is -0.136. The monoisotopic (exact) mass is 625 g/mol. The molecule has 2 saturated heterocycles. The molecule has 1 unspecified atom stereocenters. The largest absolute Gasteiger partial charge is 0.508 e. The molecule has 2 amide bonds. The average Bonchev–Trinajstić information content (AvgIpc) is 2.96. The van der Waals surface area contributed by atoms with Gasteiger partial charge in [0.15, 0.2) is 5.78 Å². The third kappa shape index (κ3) is 5.81.